The smallest absolute Gasteiger partial charge is 0.0669 e. The molecule has 1 saturated heterocycles. The first-order valence-corrected chi connectivity index (χ1v) is 8.31. The molecule has 0 bridgehead atoms. The molecular formula is C14H20BrNOS. The van der Waals surface area contributed by atoms with Gasteiger partial charge in [-0.25, -0.2) is 0 Å². The Morgan fingerprint density at radius 2 is 2.39 bits per heavy atom. The van der Waals surface area contributed by atoms with Crippen molar-refractivity contribution in [3.63, 3.8) is 0 Å². The van der Waals surface area contributed by atoms with Gasteiger partial charge in [-0.15, -0.1) is 11.8 Å². The van der Waals surface area contributed by atoms with Crippen LogP contribution in [0.3, 0.4) is 0 Å². The number of hydrogen-bond donors (Lipinski definition) is 1. The zero-order valence-corrected chi connectivity index (χ0v) is 13.1. The highest BCUT2D eigenvalue weighted by atomic mass is 79.9. The number of halogens is 1. The van der Waals surface area contributed by atoms with Crippen LogP contribution in [0.1, 0.15) is 25.3 Å². The third-order valence-corrected chi connectivity index (χ3v) is 4.78. The SMILES string of the molecule is CCNCc1cc(Br)ccc1SCC1CCCO1. The molecule has 0 spiro atoms. The first-order valence-electron chi connectivity index (χ1n) is 6.53. The molecule has 1 unspecified atom stereocenters. The van der Waals surface area contributed by atoms with E-state index in [0.29, 0.717) is 6.10 Å². The van der Waals surface area contributed by atoms with Gasteiger partial charge in [0.1, 0.15) is 0 Å². The van der Waals surface area contributed by atoms with Gasteiger partial charge in [-0.2, -0.15) is 0 Å². The van der Waals surface area contributed by atoms with E-state index in [2.05, 4.69) is 46.4 Å². The summed E-state index contributed by atoms with van der Waals surface area (Å²) in [4.78, 5) is 1.37. The van der Waals surface area contributed by atoms with Gasteiger partial charge in [0, 0.05) is 28.3 Å². The largest absolute Gasteiger partial charge is 0.377 e. The highest BCUT2D eigenvalue weighted by Crippen LogP contribution is 2.28. The quantitative estimate of drug-likeness (QED) is 0.801. The van der Waals surface area contributed by atoms with Gasteiger partial charge in [-0.05, 0) is 43.1 Å². The van der Waals surface area contributed by atoms with Crippen LogP contribution in [0.2, 0.25) is 0 Å². The van der Waals surface area contributed by atoms with E-state index in [0.717, 1.165) is 29.9 Å². The fraction of sp³-hybridized carbons (Fsp3) is 0.571. The van der Waals surface area contributed by atoms with Crippen LogP contribution in [0.4, 0.5) is 0 Å². The molecule has 4 heteroatoms. The average Bonchev–Trinajstić information content (AvgIpc) is 2.88. The molecule has 1 aliphatic rings. The fourth-order valence-corrected chi connectivity index (χ4v) is 3.56. The number of hydrogen-bond acceptors (Lipinski definition) is 3. The van der Waals surface area contributed by atoms with Gasteiger partial charge in [0.15, 0.2) is 0 Å². The van der Waals surface area contributed by atoms with E-state index in [9.17, 15) is 0 Å². The molecule has 1 aliphatic heterocycles. The minimum absolute atomic E-state index is 0.450. The molecule has 1 aromatic rings. The zero-order valence-electron chi connectivity index (χ0n) is 10.7. The molecule has 0 aliphatic carbocycles. The van der Waals surface area contributed by atoms with Gasteiger partial charge in [-0.1, -0.05) is 22.9 Å². The van der Waals surface area contributed by atoms with Crippen molar-refractivity contribution in [2.75, 3.05) is 18.9 Å². The molecule has 1 atom stereocenters. The van der Waals surface area contributed by atoms with Gasteiger partial charge in [0.25, 0.3) is 0 Å². The monoisotopic (exact) mass is 329 g/mol. The summed E-state index contributed by atoms with van der Waals surface area (Å²) < 4.78 is 6.82. The van der Waals surface area contributed by atoms with Crippen molar-refractivity contribution in [3.8, 4) is 0 Å². The second-order valence-corrected chi connectivity index (χ2v) is 6.46. The van der Waals surface area contributed by atoms with Crippen LogP contribution in [0.15, 0.2) is 27.6 Å². The third-order valence-electron chi connectivity index (χ3n) is 3.04. The molecule has 2 rings (SSSR count). The van der Waals surface area contributed by atoms with Crippen LogP contribution in [0.5, 0.6) is 0 Å². The molecule has 1 aromatic carbocycles. The lowest BCUT2D eigenvalue weighted by Gasteiger charge is -2.13. The van der Waals surface area contributed by atoms with Crippen LogP contribution in [-0.4, -0.2) is 25.0 Å². The van der Waals surface area contributed by atoms with E-state index in [1.807, 2.05) is 11.8 Å². The predicted octanol–water partition coefficient (Wildman–Crippen LogP) is 3.83. The molecule has 0 radical (unpaired) electrons. The molecular weight excluding hydrogens is 310 g/mol. The molecule has 18 heavy (non-hydrogen) atoms. The Balaban J connectivity index is 1.96. The number of thioether (sulfide) groups is 1. The Bertz CT molecular complexity index is 380. The second kappa shape index (κ2) is 7.53. The van der Waals surface area contributed by atoms with Crippen molar-refractivity contribution in [1.82, 2.24) is 5.32 Å². The van der Waals surface area contributed by atoms with Crippen LogP contribution in [-0.2, 0) is 11.3 Å². The number of nitrogens with one attached hydrogen (secondary N) is 1. The molecule has 1 fully saturated rings. The lowest BCUT2D eigenvalue weighted by atomic mass is 10.2. The first kappa shape index (κ1) is 14.4. The minimum atomic E-state index is 0.450. The van der Waals surface area contributed by atoms with Crippen LogP contribution in [0, 0.1) is 0 Å². The second-order valence-electron chi connectivity index (χ2n) is 4.48. The van der Waals surface area contributed by atoms with E-state index in [1.165, 1.54) is 23.3 Å². The molecule has 100 valence electrons. The predicted molar refractivity (Wildman–Crippen MR) is 81.2 cm³/mol. The summed E-state index contributed by atoms with van der Waals surface area (Å²) in [5.41, 5.74) is 1.37. The maximum atomic E-state index is 5.67. The lowest BCUT2D eigenvalue weighted by Crippen LogP contribution is -2.13. The van der Waals surface area contributed by atoms with E-state index < -0.39 is 0 Å². The minimum Gasteiger partial charge on any atom is -0.377 e. The summed E-state index contributed by atoms with van der Waals surface area (Å²) in [6.07, 6.45) is 2.88. The Kier molecular flexibility index (Phi) is 6.02. The summed E-state index contributed by atoms with van der Waals surface area (Å²) in [5, 5.41) is 3.39. The van der Waals surface area contributed by atoms with E-state index in [1.54, 1.807) is 0 Å². The maximum absolute atomic E-state index is 5.67. The molecule has 1 N–H and O–H groups in total. The Hall–Kier alpha value is -0.0300. The van der Waals surface area contributed by atoms with Crippen molar-refractivity contribution in [2.45, 2.75) is 37.3 Å². The van der Waals surface area contributed by atoms with Crippen LogP contribution < -0.4 is 5.32 Å². The first-order chi connectivity index (χ1) is 8.79. The molecule has 0 amide bonds. The molecule has 0 aromatic heterocycles. The summed E-state index contributed by atoms with van der Waals surface area (Å²) >= 11 is 5.46. The highest BCUT2D eigenvalue weighted by molar-refractivity contribution is 9.10. The topological polar surface area (TPSA) is 21.3 Å². The fourth-order valence-electron chi connectivity index (χ4n) is 2.05. The van der Waals surface area contributed by atoms with Crippen molar-refractivity contribution < 1.29 is 4.74 Å². The third kappa shape index (κ3) is 4.26. The van der Waals surface area contributed by atoms with Crippen LogP contribution >= 0.6 is 27.7 Å². The number of ether oxygens (including phenoxy) is 1. The summed E-state index contributed by atoms with van der Waals surface area (Å²) in [7, 11) is 0. The Morgan fingerprint density at radius 3 is 3.11 bits per heavy atom. The van der Waals surface area contributed by atoms with Crippen LogP contribution in [0.25, 0.3) is 0 Å². The van der Waals surface area contributed by atoms with Gasteiger partial charge in [0.2, 0.25) is 0 Å². The zero-order chi connectivity index (χ0) is 12.8. The lowest BCUT2D eigenvalue weighted by molar-refractivity contribution is 0.129. The summed E-state index contributed by atoms with van der Waals surface area (Å²) in [6, 6.07) is 6.53. The van der Waals surface area contributed by atoms with Gasteiger partial charge < -0.3 is 10.1 Å². The highest BCUT2D eigenvalue weighted by Gasteiger charge is 2.16. The number of rotatable bonds is 6. The molecule has 0 saturated carbocycles. The average molecular weight is 330 g/mol. The van der Waals surface area contributed by atoms with E-state index >= 15 is 0 Å². The van der Waals surface area contributed by atoms with Crippen molar-refractivity contribution in [3.05, 3.63) is 28.2 Å². The Labute approximate surface area is 122 Å². The normalized spacial score (nSPS) is 19.3. The van der Waals surface area contributed by atoms with Gasteiger partial charge in [0.05, 0.1) is 6.10 Å². The standard InChI is InChI=1S/C14H20BrNOS/c1-2-16-9-11-8-12(15)5-6-14(11)18-10-13-4-3-7-17-13/h5-6,8,13,16H,2-4,7,9-10H2,1H3. The van der Waals surface area contributed by atoms with Crippen molar-refractivity contribution in [2.24, 2.45) is 0 Å². The van der Waals surface area contributed by atoms with Gasteiger partial charge >= 0.3 is 0 Å². The maximum Gasteiger partial charge on any atom is 0.0669 e. The van der Waals surface area contributed by atoms with Gasteiger partial charge in [-0.3, -0.25) is 0 Å². The van der Waals surface area contributed by atoms with Crippen molar-refractivity contribution >= 4 is 27.7 Å². The van der Waals surface area contributed by atoms with E-state index in [-0.39, 0.29) is 0 Å². The Morgan fingerprint density at radius 1 is 1.50 bits per heavy atom. The molecule has 2 nitrogen and oxygen atoms in total. The summed E-state index contributed by atoms with van der Waals surface area (Å²) in [6.45, 7) is 5.01. The number of benzene rings is 1. The van der Waals surface area contributed by atoms with Crippen molar-refractivity contribution in [1.29, 1.82) is 0 Å². The molecule has 1 heterocycles. The summed E-state index contributed by atoms with van der Waals surface area (Å²) in [5.74, 6) is 1.07. The van der Waals surface area contributed by atoms with E-state index in [4.69, 9.17) is 4.74 Å².